The highest BCUT2D eigenvalue weighted by Gasteiger charge is 2.45. The number of aromatic nitrogens is 2. The second-order valence-electron chi connectivity index (χ2n) is 25.1. The highest BCUT2D eigenvalue weighted by molar-refractivity contribution is 7.90. The number of piperazine rings is 1. The summed E-state index contributed by atoms with van der Waals surface area (Å²) in [6, 6.07) is 24.8. The number of allylic oxidation sites excluding steroid dienone is 1. The number of pyridine rings is 1. The maximum atomic E-state index is 14.2. The summed E-state index contributed by atoms with van der Waals surface area (Å²) in [6.45, 7) is 11.7. The summed E-state index contributed by atoms with van der Waals surface area (Å²) in [4.78, 5) is 92.3. The van der Waals surface area contributed by atoms with Crippen molar-refractivity contribution in [1.82, 2.24) is 34.7 Å². The number of nitrogens with one attached hydrogen (secondary N) is 4. The van der Waals surface area contributed by atoms with Crippen LogP contribution >= 0.6 is 11.6 Å². The average Bonchev–Trinajstić information content (AvgIpc) is 2.27. The van der Waals surface area contributed by atoms with Gasteiger partial charge in [0.15, 0.2) is 0 Å². The van der Waals surface area contributed by atoms with Crippen LogP contribution in [0.2, 0.25) is 5.02 Å². The molecule has 20 nitrogen and oxygen atoms in total. The Bertz CT molecular complexity index is 3820. The standard InChI is InChI=1S/C67H77ClN10O10S/c1-67(2)28-26-48(55(39-67)45-16-18-49(68)19-17-45)43-75-32-34-76(35-33-75)50-20-22-53(59(37-50)88-51-36-47-27-29-69-62(47)71-41-51)63(80)73-89(86,87)52-21-23-56(58(38-52)78(84)85)70-40-44-12-11-31-74(42-44)30-9-7-5-3-4-6-8-13-46-14-10-15-54-61(46)66(83)77(65(54)82)57-24-25-60(79)72-64(57)81/h10,14-23,27,29,36-38,41,44,57,70H,3-9,11-13,24-26,28,30-35,39-40,42-43H2,1-2H3,(H,69,71)(H,73,80)(H,72,79,81). The van der Waals surface area contributed by atoms with Gasteiger partial charge >= 0.3 is 0 Å². The molecule has 4 aromatic carbocycles. The number of unbranched alkanes of at least 4 members (excludes halogenated alkanes) is 6. The van der Waals surface area contributed by atoms with Crippen molar-refractivity contribution < 1.29 is 42.1 Å². The monoisotopic (exact) mass is 1250 g/mol. The van der Waals surface area contributed by atoms with Crippen molar-refractivity contribution in [3.63, 3.8) is 0 Å². The zero-order chi connectivity index (χ0) is 62.4. The Labute approximate surface area is 524 Å². The number of nitrogens with zero attached hydrogens (tertiary/aromatic N) is 6. The van der Waals surface area contributed by atoms with E-state index in [1.165, 1.54) is 35.0 Å². The fourth-order valence-electron chi connectivity index (χ4n) is 13.3. The number of aryl methyl sites for hydroxylation is 1. The third kappa shape index (κ3) is 14.9. The van der Waals surface area contributed by atoms with E-state index in [0.29, 0.717) is 48.6 Å². The molecule has 2 aromatic heterocycles. The zero-order valence-corrected chi connectivity index (χ0v) is 52.1. The highest BCUT2D eigenvalue weighted by atomic mass is 35.5. The van der Waals surface area contributed by atoms with Crippen LogP contribution in [-0.4, -0.2) is 132 Å². The molecule has 22 heteroatoms. The van der Waals surface area contributed by atoms with Crippen molar-refractivity contribution in [2.75, 3.05) is 69.1 Å². The molecule has 0 saturated carbocycles. The van der Waals surface area contributed by atoms with Crippen LogP contribution in [0, 0.1) is 21.4 Å². The molecule has 5 aliphatic rings. The number of rotatable bonds is 24. The minimum absolute atomic E-state index is 0.0530. The molecular weight excluding hydrogens is 1170 g/mol. The molecule has 89 heavy (non-hydrogen) atoms. The number of sulfonamides is 1. The summed E-state index contributed by atoms with van der Waals surface area (Å²) in [7, 11) is -4.63. The van der Waals surface area contributed by atoms with Crippen LogP contribution in [0.1, 0.15) is 146 Å². The van der Waals surface area contributed by atoms with Gasteiger partial charge in [0.25, 0.3) is 33.4 Å². The number of hydrogen-bond acceptors (Lipinski definition) is 15. The van der Waals surface area contributed by atoms with Crippen molar-refractivity contribution in [1.29, 1.82) is 0 Å². The van der Waals surface area contributed by atoms with E-state index in [1.54, 1.807) is 42.6 Å². The Kier molecular flexibility index (Phi) is 19.3. The lowest BCUT2D eigenvalue weighted by Crippen LogP contribution is -2.54. The van der Waals surface area contributed by atoms with E-state index in [4.69, 9.17) is 16.3 Å². The summed E-state index contributed by atoms with van der Waals surface area (Å²) >= 11 is 6.28. The number of amides is 5. The van der Waals surface area contributed by atoms with E-state index in [9.17, 15) is 42.5 Å². The zero-order valence-electron chi connectivity index (χ0n) is 50.5. The highest BCUT2D eigenvalue weighted by Crippen LogP contribution is 2.44. The topological polar surface area (TPSA) is 250 Å². The fourth-order valence-corrected chi connectivity index (χ4v) is 14.4. The number of imide groups is 2. The van der Waals surface area contributed by atoms with Crippen LogP contribution in [0.15, 0.2) is 114 Å². The number of nitro benzene ring substituents is 1. The Hall–Kier alpha value is -7.98. The first-order valence-electron chi connectivity index (χ1n) is 31.2. The predicted molar refractivity (Wildman–Crippen MR) is 342 cm³/mol. The smallest absolute Gasteiger partial charge is 0.293 e. The van der Waals surface area contributed by atoms with Gasteiger partial charge in [-0.05, 0) is 154 Å². The number of carbonyl (C=O) groups excluding carboxylic acids is 5. The second-order valence-corrected chi connectivity index (χ2v) is 27.3. The lowest BCUT2D eigenvalue weighted by Gasteiger charge is -2.39. The van der Waals surface area contributed by atoms with Gasteiger partial charge in [0.05, 0.1) is 32.7 Å². The van der Waals surface area contributed by atoms with Gasteiger partial charge in [-0.3, -0.25) is 49.2 Å². The van der Waals surface area contributed by atoms with Crippen molar-refractivity contribution in [3.8, 4) is 11.5 Å². The molecule has 1 aliphatic carbocycles. The lowest BCUT2D eigenvalue weighted by molar-refractivity contribution is -0.384. The first kappa shape index (κ1) is 62.6. The van der Waals surface area contributed by atoms with Gasteiger partial charge in [0.1, 0.15) is 28.9 Å². The molecule has 0 spiro atoms. The first-order valence-corrected chi connectivity index (χ1v) is 33.1. The second kappa shape index (κ2) is 27.4. The molecule has 4 N–H and O–H groups in total. The first-order chi connectivity index (χ1) is 42.9. The van der Waals surface area contributed by atoms with Crippen molar-refractivity contribution in [2.24, 2.45) is 11.3 Å². The molecule has 2 unspecified atom stereocenters. The summed E-state index contributed by atoms with van der Waals surface area (Å²) in [5, 5.41) is 19.5. The summed E-state index contributed by atoms with van der Waals surface area (Å²) in [6.07, 6.45) is 16.4. The van der Waals surface area contributed by atoms with E-state index in [2.05, 4.69) is 66.0 Å². The van der Waals surface area contributed by atoms with Crippen molar-refractivity contribution in [3.05, 3.63) is 152 Å². The number of piperidine rings is 2. The van der Waals surface area contributed by atoms with E-state index in [-0.39, 0.29) is 41.2 Å². The average molecular weight is 1250 g/mol. The SMILES string of the molecule is CC1(C)CCC(CN2CCN(c3ccc(C(=O)NS(=O)(=O)c4ccc(NCC5CCCN(CCCCCCCCCc6cccc7c6C(=O)N(C6CCC(=O)NC6=O)C7=O)C5)c([N+](=O)[O-])c4)c(Oc4cnc5[nH]ccc5c4)c3)CC2)=C(c2ccc(Cl)cc2)C1. The summed E-state index contributed by atoms with van der Waals surface area (Å²) in [5.74, 6) is -2.29. The number of ether oxygens (including phenoxy) is 1. The minimum atomic E-state index is -4.63. The molecule has 3 saturated heterocycles. The number of likely N-dealkylation sites (tertiary alicyclic amines) is 1. The Balaban J connectivity index is 0.654. The molecule has 6 aromatic rings. The van der Waals surface area contributed by atoms with Gasteiger partial charge in [-0.1, -0.05) is 87.4 Å². The van der Waals surface area contributed by atoms with Crippen LogP contribution in [0.5, 0.6) is 11.5 Å². The van der Waals surface area contributed by atoms with Gasteiger partial charge in [0, 0.05) is 86.7 Å². The third-order valence-electron chi connectivity index (χ3n) is 18.2. The minimum Gasteiger partial charge on any atom is -0.455 e. The molecule has 4 aliphatic heterocycles. The van der Waals surface area contributed by atoms with Crippen LogP contribution in [-0.2, 0) is 26.0 Å². The Morgan fingerprint density at radius 2 is 1.63 bits per heavy atom. The van der Waals surface area contributed by atoms with E-state index < -0.39 is 61.1 Å². The number of H-pyrrole nitrogens is 1. The number of aromatic amines is 1. The van der Waals surface area contributed by atoms with Crippen LogP contribution < -0.4 is 25.0 Å². The van der Waals surface area contributed by atoms with Gasteiger partial charge in [-0.2, -0.15) is 0 Å². The number of hydrogen-bond donors (Lipinski definition) is 4. The fraction of sp³-hybridized carbons (Fsp3) is 0.433. The Morgan fingerprint density at radius 3 is 2.40 bits per heavy atom. The third-order valence-corrected chi connectivity index (χ3v) is 19.8. The molecule has 6 heterocycles. The molecule has 5 amide bonds. The predicted octanol–water partition coefficient (Wildman–Crippen LogP) is 11.3. The van der Waals surface area contributed by atoms with E-state index in [0.717, 1.165) is 149 Å². The molecule has 11 rings (SSSR count). The van der Waals surface area contributed by atoms with Gasteiger partial charge in [-0.15, -0.1) is 0 Å². The number of fused-ring (bicyclic) bond motifs is 2. The molecular formula is C67H77ClN10O10S. The van der Waals surface area contributed by atoms with Gasteiger partial charge < -0.3 is 24.8 Å². The van der Waals surface area contributed by atoms with E-state index in [1.807, 2.05) is 24.3 Å². The summed E-state index contributed by atoms with van der Waals surface area (Å²) < 4.78 is 36.6. The van der Waals surface area contributed by atoms with Crippen LogP contribution in [0.4, 0.5) is 17.1 Å². The molecule has 2 atom stereocenters. The largest absolute Gasteiger partial charge is 0.455 e. The number of anilines is 2. The van der Waals surface area contributed by atoms with E-state index >= 15 is 0 Å². The lowest BCUT2D eigenvalue weighted by atomic mass is 9.72. The normalized spacial score (nSPS) is 19.2. The van der Waals surface area contributed by atoms with Crippen molar-refractivity contribution in [2.45, 2.75) is 121 Å². The molecule has 468 valence electrons. The molecule has 0 bridgehead atoms. The number of nitro groups is 1. The summed E-state index contributed by atoms with van der Waals surface area (Å²) in [5.41, 5.74) is 6.90. The quantitative estimate of drug-likeness (QED) is 0.0190. The van der Waals surface area contributed by atoms with Gasteiger partial charge in [-0.25, -0.2) is 18.1 Å². The molecule has 3 fully saturated rings. The number of halogens is 1. The maximum Gasteiger partial charge on any atom is 0.293 e. The van der Waals surface area contributed by atoms with Crippen LogP contribution in [0.25, 0.3) is 16.6 Å². The maximum absolute atomic E-state index is 14.2. The molecule has 0 radical (unpaired) electrons. The van der Waals surface area contributed by atoms with Crippen molar-refractivity contribution >= 4 is 84.8 Å². The van der Waals surface area contributed by atoms with Gasteiger partial charge in [0.2, 0.25) is 11.8 Å². The Morgan fingerprint density at radius 1 is 0.854 bits per heavy atom. The van der Waals surface area contributed by atoms with Crippen LogP contribution in [0.3, 0.4) is 0 Å². The number of benzene rings is 4. The number of carbonyl (C=O) groups is 5.